The van der Waals surface area contributed by atoms with Gasteiger partial charge in [0.15, 0.2) is 5.16 Å². The van der Waals surface area contributed by atoms with Gasteiger partial charge in [-0.05, 0) is 17.7 Å². The van der Waals surface area contributed by atoms with Gasteiger partial charge in [-0.3, -0.25) is 14.2 Å². The Bertz CT molecular complexity index is 1200. The van der Waals surface area contributed by atoms with Crippen LogP contribution < -0.4 is 10.9 Å². The minimum Gasteiger partial charge on any atom is -0.325 e. The number of halogens is 3. The molecule has 1 aliphatic heterocycles. The lowest BCUT2D eigenvalue weighted by atomic mass is 10.1. The maximum Gasteiger partial charge on any atom is 0.418 e. The molecular weight excluding hydrogens is 459 g/mol. The SMILES string of the molecule is O=C(CSc1nc2c(c(=O)n1Cc1ccccc1)SCC2)Nc1ccccc1C(F)(F)F. The molecule has 0 radical (unpaired) electrons. The summed E-state index contributed by atoms with van der Waals surface area (Å²) in [6.07, 6.45) is -3.91. The average molecular weight is 478 g/mol. The highest BCUT2D eigenvalue weighted by Crippen LogP contribution is 2.35. The van der Waals surface area contributed by atoms with E-state index in [1.54, 1.807) is 0 Å². The lowest BCUT2D eigenvalue weighted by molar-refractivity contribution is -0.137. The minimum absolute atomic E-state index is 0.160. The number of amides is 1. The molecule has 2 aromatic carbocycles. The van der Waals surface area contributed by atoms with E-state index in [2.05, 4.69) is 10.3 Å². The van der Waals surface area contributed by atoms with E-state index < -0.39 is 17.6 Å². The zero-order valence-electron chi connectivity index (χ0n) is 16.7. The van der Waals surface area contributed by atoms with E-state index in [-0.39, 0.29) is 17.0 Å². The normalized spacial score (nSPS) is 13.1. The van der Waals surface area contributed by atoms with Crippen molar-refractivity contribution < 1.29 is 18.0 Å². The number of alkyl halides is 3. The van der Waals surface area contributed by atoms with Crippen molar-refractivity contribution in [2.24, 2.45) is 0 Å². The van der Waals surface area contributed by atoms with Gasteiger partial charge < -0.3 is 5.32 Å². The van der Waals surface area contributed by atoms with Gasteiger partial charge in [-0.25, -0.2) is 4.98 Å². The summed E-state index contributed by atoms with van der Waals surface area (Å²) in [6.45, 7) is 0.293. The summed E-state index contributed by atoms with van der Waals surface area (Å²) < 4.78 is 41.0. The Morgan fingerprint density at radius 1 is 1.12 bits per heavy atom. The third kappa shape index (κ3) is 5.02. The minimum atomic E-state index is -4.58. The third-order valence-electron chi connectivity index (χ3n) is 4.77. The molecule has 10 heteroatoms. The molecule has 0 saturated carbocycles. The van der Waals surface area contributed by atoms with E-state index in [0.717, 1.165) is 29.1 Å². The summed E-state index contributed by atoms with van der Waals surface area (Å²) in [5, 5.41) is 2.70. The predicted octanol–water partition coefficient (Wildman–Crippen LogP) is 4.69. The van der Waals surface area contributed by atoms with Crippen molar-refractivity contribution in [2.45, 2.75) is 29.2 Å². The third-order valence-corrected chi connectivity index (χ3v) is 6.85. The largest absolute Gasteiger partial charge is 0.418 e. The van der Waals surface area contributed by atoms with Crippen LogP contribution in [-0.2, 0) is 23.9 Å². The molecule has 1 aliphatic rings. The molecule has 0 spiro atoms. The van der Waals surface area contributed by atoms with Gasteiger partial charge in [0.1, 0.15) is 0 Å². The van der Waals surface area contributed by atoms with Crippen molar-refractivity contribution in [3.05, 3.63) is 81.8 Å². The van der Waals surface area contributed by atoms with Crippen molar-refractivity contribution in [2.75, 3.05) is 16.8 Å². The van der Waals surface area contributed by atoms with Crippen molar-refractivity contribution in [1.82, 2.24) is 9.55 Å². The number of hydrogen-bond donors (Lipinski definition) is 1. The van der Waals surface area contributed by atoms with Crippen LogP contribution in [0, 0.1) is 0 Å². The molecule has 1 amide bonds. The lowest BCUT2D eigenvalue weighted by Crippen LogP contribution is -2.26. The van der Waals surface area contributed by atoms with Crippen LogP contribution in [0.4, 0.5) is 18.9 Å². The number of aromatic nitrogens is 2. The zero-order chi connectivity index (χ0) is 22.7. The summed E-state index contributed by atoms with van der Waals surface area (Å²) in [6, 6.07) is 14.2. The van der Waals surface area contributed by atoms with Crippen molar-refractivity contribution >= 4 is 35.1 Å². The van der Waals surface area contributed by atoms with Crippen LogP contribution in [0.1, 0.15) is 16.8 Å². The lowest BCUT2D eigenvalue weighted by Gasteiger charge is -2.15. The standard InChI is InChI=1S/C22H18F3N3O2S2/c23-22(24,25)15-8-4-5-9-16(15)26-18(29)13-32-21-27-17-10-11-31-19(17)20(30)28(21)12-14-6-2-1-3-7-14/h1-9H,10-13H2,(H,26,29). The summed E-state index contributed by atoms with van der Waals surface area (Å²) in [5.74, 6) is -0.0208. The molecule has 5 nitrogen and oxygen atoms in total. The Hall–Kier alpha value is -2.72. The first-order valence-corrected chi connectivity index (χ1v) is 11.7. The highest BCUT2D eigenvalue weighted by Gasteiger charge is 2.33. The topological polar surface area (TPSA) is 64.0 Å². The van der Waals surface area contributed by atoms with Crippen LogP contribution in [0.15, 0.2) is 69.4 Å². The number of para-hydroxylation sites is 1. The zero-order valence-corrected chi connectivity index (χ0v) is 18.3. The highest BCUT2D eigenvalue weighted by atomic mass is 32.2. The number of nitrogens with one attached hydrogen (secondary N) is 1. The maximum absolute atomic E-state index is 13.2. The fourth-order valence-electron chi connectivity index (χ4n) is 3.30. The van der Waals surface area contributed by atoms with Gasteiger partial charge >= 0.3 is 6.18 Å². The molecule has 0 fully saturated rings. The summed E-state index contributed by atoms with van der Waals surface area (Å²) in [7, 11) is 0. The van der Waals surface area contributed by atoms with E-state index in [4.69, 9.17) is 0 Å². The molecule has 0 saturated heterocycles. The second-order valence-corrected chi connectivity index (χ2v) is 9.07. The Morgan fingerprint density at radius 3 is 2.59 bits per heavy atom. The van der Waals surface area contributed by atoms with E-state index >= 15 is 0 Å². The number of aryl methyl sites for hydroxylation is 1. The fraction of sp³-hybridized carbons (Fsp3) is 0.227. The van der Waals surface area contributed by atoms with Crippen LogP contribution in [0.3, 0.4) is 0 Å². The molecule has 32 heavy (non-hydrogen) atoms. The summed E-state index contributed by atoms with van der Waals surface area (Å²) in [4.78, 5) is 30.7. The highest BCUT2D eigenvalue weighted by molar-refractivity contribution is 8.00. The number of thioether (sulfide) groups is 2. The molecule has 0 bridgehead atoms. The van der Waals surface area contributed by atoms with Crippen LogP contribution in [0.2, 0.25) is 0 Å². The smallest absolute Gasteiger partial charge is 0.325 e. The molecule has 1 N–H and O–H groups in total. The van der Waals surface area contributed by atoms with E-state index in [1.165, 1.54) is 34.5 Å². The second-order valence-electron chi connectivity index (χ2n) is 7.03. The van der Waals surface area contributed by atoms with Gasteiger partial charge in [0.25, 0.3) is 5.56 Å². The number of anilines is 1. The Balaban J connectivity index is 1.55. The molecule has 3 aromatic rings. The Labute approximate surface area is 190 Å². The number of rotatable bonds is 6. The van der Waals surface area contributed by atoms with Crippen molar-refractivity contribution in [3.8, 4) is 0 Å². The van der Waals surface area contributed by atoms with Crippen molar-refractivity contribution in [1.29, 1.82) is 0 Å². The maximum atomic E-state index is 13.2. The predicted molar refractivity (Wildman–Crippen MR) is 119 cm³/mol. The van der Waals surface area contributed by atoms with Gasteiger partial charge in [0, 0.05) is 12.2 Å². The Morgan fingerprint density at radius 2 is 1.84 bits per heavy atom. The molecule has 0 atom stereocenters. The first kappa shape index (κ1) is 22.5. The van der Waals surface area contributed by atoms with E-state index in [9.17, 15) is 22.8 Å². The molecule has 1 aromatic heterocycles. The first-order chi connectivity index (χ1) is 15.3. The van der Waals surface area contributed by atoms with Crippen LogP contribution in [0.25, 0.3) is 0 Å². The van der Waals surface area contributed by atoms with Gasteiger partial charge in [0.2, 0.25) is 5.91 Å². The average Bonchev–Trinajstić information content (AvgIpc) is 3.24. The number of fused-ring (bicyclic) bond motifs is 1. The molecule has 0 aliphatic carbocycles. The van der Waals surface area contributed by atoms with Gasteiger partial charge in [-0.2, -0.15) is 13.2 Å². The number of benzene rings is 2. The van der Waals surface area contributed by atoms with E-state index in [0.29, 0.717) is 28.7 Å². The van der Waals surface area contributed by atoms with Gasteiger partial charge in [-0.15, -0.1) is 11.8 Å². The van der Waals surface area contributed by atoms with Crippen LogP contribution in [0.5, 0.6) is 0 Å². The second kappa shape index (κ2) is 9.41. The Kier molecular flexibility index (Phi) is 6.61. The fourth-order valence-corrected chi connectivity index (χ4v) is 5.15. The number of carbonyl (C=O) groups is 1. The number of carbonyl (C=O) groups excluding carboxylic acids is 1. The molecule has 4 rings (SSSR count). The molecule has 166 valence electrons. The van der Waals surface area contributed by atoms with Crippen molar-refractivity contribution in [3.63, 3.8) is 0 Å². The van der Waals surface area contributed by atoms with Crippen LogP contribution in [-0.4, -0.2) is 27.0 Å². The first-order valence-electron chi connectivity index (χ1n) is 9.72. The number of hydrogen-bond acceptors (Lipinski definition) is 5. The molecular formula is C22H18F3N3O2S2. The van der Waals surface area contributed by atoms with Gasteiger partial charge in [0.05, 0.1) is 34.1 Å². The van der Waals surface area contributed by atoms with Gasteiger partial charge in [-0.1, -0.05) is 54.2 Å². The monoisotopic (exact) mass is 477 g/mol. The van der Waals surface area contributed by atoms with E-state index in [1.807, 2.05) is 30.3 Å². The molecule has 0 unspecified atom stereocenters. The van der Waals surface area contributed by atoms with Crippen LogP contribution >= 0.6 is 23.5 Å². The summed E-state index contributed by atoms with van der Waals surface area (Å²) >= 11 is 2.50. The number of nitrogens with zero attached hydrogens (tertiary/aromatic N) is 2. The molecule has 2 heterocycles. The quantitative estimate of drug-likeness (QED) is 0.412. The summed E-state index contributed by atoms with van der Waals surface area (Å²) in [5.41, 5.74) is 0.240.